The summed E-state index contributed by atoms with van der Waals surface area (Å²) < 4.78 is 17.6. The lowest BCUT2D eigenvalue weighted by Gasteiger charge is -2.17. The highest BCUT2D eigenvalue weighted by atomic mass is 19.1. The van der Waals surface area contributed by atoms with E-state index in [2.05, 4.69) is 4.98 Å². The molecule has 6 heteroatoms. The largest absolute Gasteiger partial charge is 0.487 e. The van der Waals surface area contributed by atoms with Gasteiger partial charge in [-0.05, 0) is 26.0 Å². The smallest absolute Gasteiger partial charge is 0.272 e. The third kappa shape index (κ3) is 4.31. The van der Waals surface area contributed by atoms with E-state index in [0.717, 1.165) is 0 Å². The summed E-state index contributed by atoms with van der Waals surface area (Å²) in [6.07, 6.45) is 1.88. The number of nitrogens with two attached hydrogens (primary N) is 1. The van der Waals surface area contributed by atoms with E-state index >= 15 is 0 Å². The molecule has 0 aliphatic carbocycles. The van der Waals surface area contributed by atoms with Gasteiger partial charge in [0.1, 0.15) is 18.1 Å². The number of carbonyl (C=O) groups excluding carboxylic acids is 1. The Balaban J connectivity index is 2.67. The summed E-state index contributed by atoms with van der Waals surface area (Å²) in [6.45, 7) is 5.26. The van der Waals surface area contributed by atoms with Crippen LogP contribution in [0, 0.1) is 0 Å². The summed E-state index contributed by atoms with van der Waals surface area (Å²) in [4.78, 5) is 17.8. The molecule has 0 saturated heterocycles. The Bertz CT molecular complexity index is 456. The summed E-state index contributed by atoms with van der Waals surface area (Å²) in [5.74, 6) is 0.349. The molecular weight excluding hydrogens is 261 g/mol. The van der Waals surface area contributed by atoms with Gasteiger partial charge in [0.15, 0.2) is 0 Å². The van der Waals surface area contributed by atoms with Gasteiger partial charge in [-0.3, -0.25) is 4.79 Å². The van der Waals surface area contributed by atoms with E-state index in [-0.39, 0.29) is 19.1 Å². The maximum atomic E-state index is 12.3. The van der Waals surface area contributed by atoms with E-state index in [1.165, 1.54) is 6.20 Å². The van der Waals surface area contributed by atoms with Crippen LogP contribution in [0.4, 0.5) is 4.39 Å². The molecule has 1 aromatic rings. The number of rotatable bonds is 7. The summed E-state index contributed by atoms with van der Waals surface area (Å²) in [6, 6.07) is 3.23. The second-order valence-corrected chi connectivity index (χ2v) is 4.12. The van der Waals surface area contributed by atoms with Gasteiger partial charge in [0, 0.05) is 25.2 Å². The summed E-state index contributed by atoms with van der Waals surface area (Å²) >= 11 is 0. The van der Waals surface area contributed by atoms with Crippen LogP contribution in [0.1, 0.15) is 24.3 Å². The molecule has 0 radical (unpaired) electrons. The molecule has 0 unspecified atom stereocenters. The molecule has 20 heavy (non-hydrogen) atoms. The molecule has 2 N–H and O–H groups in total. The zero-order valence-corrected chi connectivity index (χ0v) is 11.8. The summed E-state index contributed by atoms with van der Waals surface area (Å²) in [5, 5.41) is 0. The standard InChI is InChI=1S/C14H20FN3O2/c1-3-18(4-2)14(19)13-6-5-12(9-17-13)20-10-11(7-15)8-16/h5-7,9H,3-4,8,10,16H2,1-2H3. The third-order valence-corrected chi connectivity index (χ3v) is 2.85. The molecule has 1 amide bonds. The van der Waals surface area contributed by atoms with Crippen molar-refractivity contribution in [2.75, 3.05) is 26.2 Å². The summed E-state index contributed by atoms with van der Waals surface area (Å²) in [5.41, 5.74) is 6.04. The van der Waals surface area contributed by atoms with E-state index < -0.39 is 0 Å². The van der Waals surface area contributed by atoms with Gasteiger partial charge in [-0.15, -0.1) is 0 Å². The van der Waals surface area contributed by atoms with E-state index in [1.807, 2.05) is 13.8 Å². The Morgan fingerprint density at radius 3 is 2.60 bits per heavy atom. The average molecular weight is 281 g/mol. The van der Waals surface area contributed by atoms with Gasteiger partial charge in [-0.2, -0.15) is 0 Å². The van der Waals surface area contributed by atoms with Crippen molar-refractivity contribution in [3.63, 3.8) is 0 Å². The molecule has 1 heterocycles. The van der Waals surface area contributed by atoms with Crippen LogP contribution in [0.2, 0.25) is 0 Å². The maximum absolute atomic E-state index is 12.3. The molecule has 0 atom stereocenters. The van der Waals surface area contributed by atoms with Crippen molar-refractivity contribution in [2.24, 2.45) is 5.73 Å². The van der Waals surface area contributed by atoms with Gasteiger partial charge in [0.2, 0.25) is 0 Å². The highest BCUT2D eigenvalue weighted by Crippen LogP contribution is 2.12. The molecule has 0 aliphatic heterocycles. The van der Waals surface area contributed by atoms with Crippen molar-refractivity contribution in [3.8, 4) is 5.75 Å². The SMILES string of the molecule is CCN(CC)C(=O)c1ccc(OCC(=CF)CN)cn1. The minimum atomic E-state index is -0.118. The summed E-state index contributed by atoms with van der Waals surface area (Å²) in [7, 11) is 0. The zero-order chi connectivity index (χ0) is 15.0. The Morgan fingerprint density at radius 2 is 2.15 bits per heavy atom. The number of nitrogens with zero attached hydrogens (tertiary/aromatic N) is 2. The van der Waals surface area contributed by atoms with Crippen LogP contribution in [0.15, 0.2) is 30.2 Å². The lowest BCUT2D eigenvalue weighted by molar-refractivity contribution is 0.0767. The first-order valence-corrected chi connectivity index (χ1v) is 6.52. The van der Waals surface area contributed by atoms with Crippen molar-refractivity contribution in [1.29, 1.82) is 0 Å². The molecule has 0 aromatic carbocycles. The number of ether oxygens (including phenoxy) is 1. The quantitative estimate of drug-likeness (QED) is 0.826. The fourth-order valence-electron chi connectivity index (χ4n) is 1.58. The van der Waals surface area contributed by atoms with Gasteiger partial charge in [-0.25, -0.2) is 9.37 Å². The van der Waals surface area contributed by atoms with E-state index in [4.69, 9.17) is 10.5 Å². The molecule has 0 aliphatic rings. The van der Waals surface area contributed by atoms with Gasteiger partial charge < -0.3 is 15.4 Å². The van der Waals surface area contributed by atoms with Gasteiger partial charge in [0.05, 0.1) is 12.5 Å². The monoisotopic (exact) mass is 281 g/mol. The second-order valence-electron chi connectivity index (χ2n) is 4.12. The average Bonchev–Trinajstić information content (AvgIpc) is 2.50. The predicted molar refractivity (Wildman–Crippen MR) is 75.2 cm³/mol. The Labute approximate surface area is 118 Å². The highest BCUT2D eigenvalue weighted by Gasteiger charge is 2.13. The van der Waals surface area contributed by atoms with Crippen molar-refractivity contribution >= 4 is 5.91 Å². The van der Waals surface area contributed by atoms with Crippen LogP contribution in [0.5, 0.6) is 5.75 Å². The maximum Gasteiger partial charge on any atom is 0.272 e. The normalized spacial score (nSPS) is 11.3. The van der Waals surface area contributed by atoms with Crippen LogP contribution in [0.25, 0.3) is 0 Å². The third-order valence-electron chi connectivity index (χ3n) is 2.85. The molecule has 1 aromatic heterocycles. The number of halogens is 1. The minimum absolute atomic E-state index is 0.0675. The van der Waals surface area contributed by atoms with Crippen molar-refractivity contribution in [3.05, 3.63) is 35.9 Å². The molecule has 0 saturated carbocycles. The number of hydrogen-bond donors (Lipinski definition) is 1. The first-order chi connectivity index (χ1) is 9.65. The lowest BCUT2D eigenvalue weighted by Crippen LogP contribution is -2.31. The Morgan fingerprint density at radius 1 is 1.45 bits per heavy atom. The molecule has 5 nitrogen and oxygen atoms in total. The highest BCUT2D eigenvalue weighted by molar-refractivity contribution is 5.92. The van der Waals surface area contributed by atoms with Crippen LogP contribution >= 0.6 is 0 Å². The molecular formula is C14H20FN3O2. The fourth-order valence-corrected chi connectivity index (χ4v) is 1.58. The first-order valence-electron chi connectivity index (χ1n) is 6.52. The molecule has 0 bridgehead atoms. The van der Waals surface area contributed by atoms with Crippen LogP contribution < -0.4 is 10.5 Å². The second kappa shape index (κ2) is 8.27. The number of carbonyl (C=O) groups is 1. The minimum Gasteiger partial charge on any atom is -0.487 e. The molecule has 0 fully saturated rings. The first kappa shape index (κ1) is 16.1. The van der Waals surface area contributed by atoms with Crippen LogP contribution in [-0.4, -0.2) is 42.0 Å². The van der Waals surface area contributed by atoms with Crippen molar-refractivity contribution in [2.45, 2.75) is 13.8 Å². The van der Waals surface area contributed by atoms with Gasteiger partial charge in [0.25, 0.3) is 5.91 Å². The van der Waals surface area contributed by atoms with E-state index in [0.29, 0.717) is 36.4 Å². The van der Waals surface area contributed by atoms with Gasteiger partial charge in [-0.1, -0.05) is 0 Å². The Hall–Kier alpha value is -1.95. The zero-order valence-electron chi connectivity index (χ0n) is 11.8. The van der Waals surface area contributed by atoms with Crippen LogP contribution in [-0.2, 0) is 0 Å². The Kier molecular flexibility index (Phi) is 6.66. The number of aromatic nitrogens is 1. The fraction of sp³-hybridized carbons (Fsp3) is 0.429. The van der Waals surface area contributed by atoms with Crippen molar-refractivity contribution in [1.82, 2.24) is 9.88 Å². The molecule has 1 rings (SSSR count). The number of hydrogen-bond acceptors (Lipinski definition) is 4. The topological polar surface area (TPSA) is 68.5 Å². The predicted octanol–water partition coefficient (Wildman–Crippen LogP) is 1.75. The number of amides is 1. The van der Waals surface area contributed by atoms with Crippen LogP contribution in [0.3, 0.4) is 0 Å². The van der Waals surface area contributed by atoms with E-state index in [9.17, 15) is 9.18 Å². The van der Waals surface area contributed by atoms with Gasteiger partial charge >= 0.3 is 0 Å². The lowest BCUT2D eigenvalue weighted by atomic mass is 10.3. The van der Waals surface area contributed by atoms with E-state index in [1.54, 1.807) is 17.0 Å². The molecule has 0 spiro atoms. The molecule has 110 valence electrons. The number of pyridine rings is 1. The van der Waals surface area contributed by atoms with Crippen molar-refractivity contribution < 1.29 is 13.9 Å².